The summed E-state index contributed by atoms with van der Waals surface area (Å²) in [4.78, 5) is 8.34. The summed E-state index contributed by atoms with van der Waals surface area (Å²) < 4.78 is 12.1. The number of morpholine rings is 1. The van der Waals surface area contributed by atoms with Gasteiger partial charge in [-0.15, -0.1) is 11.3 Å². The Balaban J connectivity index is 1.62. The summed E-state index contributed by atoms with van der Waals surface area (Å²) in [6, 6.07) is 0.511. The van der Waals surface area contributed by atoms with Crippen molar-refractivity contribution in [3.63, 3.8) is 0 Å². The molecule has 0 bridgehead atoms. The van der Waals surface area contributed by atoms with Gasteiger partial charge >= 0.3 is 0 Å². The van der Waals surface area contributed by atoms with E-state index in [2.05, 4.69) is 30.7 Å². The third-order valence-corrected chi connectivity index (χ3v) is 5.41. The van der Waals surface area contributed by atoms with E-state index in [-0.39, 0.29) is 12.2 Å². The second kappa shape index (κ2) is 6.73. The van der Waals surface area contributed by atoms with E-state index in [0.717, 1.165) is 32.7 Å². The Morgan fingerprint density at radius 2 is 2.33 bits per heavy atom. The third kappa shape index (κ3) is 3.47. The van der Waals surface area contributed by atoms with Gasteiger partial charge in [0.2, 0.25) is 0 Å². The van der Waals surface area contributed by atoms with Crippen molar-refractivity contribution < 1.29 is 9.47 Å². The maximum absolute atomic E-state index is 6.08. The first kappa shape index (κ1) is 15.4. The van der Waals surface area contributed by atoms with Crippen LogP contribution in [-0.4, -0.2) is 47.9 Å². The van der Waals surface area contributed by atoms with Gasteiger partial charge < -0.3 is 9.47 Å². The van der Waals surface area contributed by atoms with Crippen LogP contribution in [0.4, 0.5) is 0 Å². The molecule has 1 aromatic heterocycles. The van der Waals surface area contributed by atoms with Gasteiger partial charge in [-0.2, -0.15) is 0 Å². The Morgan fingerprint density at radius 1 is 1.48 bits per heavy atom. The summed E-state index contributed by atoms with van der Waals surface area (Å²) in [5.74, 6) is 0.587. The molecule has 0 radical (unpaired) electrons. The number of ether oxygens (including phenoxy) is 2. The zero-order chi connectivity index (χ0) is 14.8. The SMILES string of the molecule is Cc1ncsc1CN1CCO[C@H]2[C@H](OCC(C)C)CC[C@@H]21. The highest BCUT2D eigenvalue weighted by atomic mass is 32.1. The molecule has 0 amide bonds. The fraction of sp³-hybridized carbons (Fsp3) is 0.812. The fourth-order valence-electron chi connectivity index (χ4n) is 3.34. The maximum atomic E-state index is 6.08. The normalized spacial score (nSPS) is 30.0. The summed E-state index contributed by atoms with van der Waals surface area (Å²) in [6.45, 7) is 10.2. The number of nitrogens with zero attached hydrogens (tertiary/aromatic N) is 2. The second-order valence-corrected chi connectivity index (χ2v) is 7.52. The fourth-order valence-corrected chi connectivity index (χ4v) is 4.15. The van der Waals surface area contributed by atoms with Crippen LogP contribution in [0.25, 0.3) is 0 Å². The maximum Gasteiger partial charge on any atom is 0.0992 e. The van der Waals surface area contributed by atoms with E-state index in [0.29, 0.717) is 12.0 Å². The van der Waals surface area contributed by atoms with E-state index in [1.165, 1.54) is 17.0 Å². The zero-order valence-corrected chi connectivity index (χ0v) is 14.1. The van der Waals surface area contributed by atoms with Gasteiger partial charge in [0, 0.05) is 30.6 Å². The van der Waals surface area contributed by atoms with E-state index in [1.54, 1.807) is 11.3 Å². The van der Waals surface area contributed by atoms with Gasteiger partial charge in [-0.25, -0.2) is 4.98 Å². The van der Waals surface area contributed by atoms with Crippen molar-refractivity contribution in [2.75, 3.05) is 19.8 Å². The molecule has 1 aliphatic heterocycles. The molecule has 0 N–H and O–H groups in total. The lowest BCUT2D eigenvalue weighted by Crippen LogP contribution is -2.51. The van der Waals surface area contributed by atoms with Crippen molar-refractivity contribution in [2.45, 2.75) is 58.4 Å². The zero-order valence-electron chi connectivity index (χ0n) is 13.2. The average Bonchev–Trinajstić information content (AvgIpc) is 3.04. The van der Waals surface area contributed by atoms with Crippen molar-refractivity contribution in [1.82, 2.24) is 9.88 Å². The van der Waals surface area contributed by atoms with E-state index >= 15 is 0 Å². The van der Waals surface area contributed by atoms with Crippen LogP contribution in [0, 0.1) is 12.8 Å². The molecule has 1 aliphatic carbocycles. The minimum Gasteiger partial charge on any atom is -0.375 e. The molecular formula is C16H26N2O2S. The highest BCUT2D eigenvalue weighted by Crippen LogP contribution is 2.33. The molecule has 1 saturated carbocycles. The first-order chi connectivity index (χ1) is 10.1. The van der Waals surface area contributed by atoms with Crippen LogP contribution in [-0.2, 0) is 16.0 Å². The highest BCUT2D eigenvalue weighted by Gasteiger charge is 2.43. The van der Waals surface area contributed by atoms with Gasteiger partial charge in [0.1, 0.15) is 0 Å². The minimum absolute atomic E-state index is 0.255. The van der Waals surface area contributed by atoms with Gasteiger partial charge in [-0.1, -0.05) is 13.8 Å². The van der Waals surface area contributed by atoms with Crippen molar-refractivity contribution in [3.05, 3.63) is 16.1 Å². The minimum atomic E-state index is 0.255. The third-order valence-electron chi connectivity index (χ3n) is 4.49. The van der Waals surface area contributed by atoms with Crippen LogP contribution < -0.4 is 0 Å². The Kier molecular flexibility index (Phi) is 4.94. The van der Waals surface area contributed by atoms with Crippen LogP contribution >= 0.6 is 11.3 Å². The highest BCUT2D eigenvalue weighted by molar-refractivity contribution is 7.09. The Hall–Kier alpha value is -0.490. The quantitative estimate of drug-likeness (QED) is 0.837. The van der Waals surface area contributed by atoms with Crippen molar-refractivity contribution >= 4 is 11.3 Å². The Bertz CT molecular complexity index is 463. The first-order valence-electron chi connectivity index (χ1n) is 8.01. The molecule has 3 rings (SSSR count). The van der Waals surface area contributed by atoms with Gasteiger partial charge in [0.05, 0.1) is 30.0 Å². The van der Waals surface area contributed by atoms with Crippen molar-refractivity contribution in [1.29, 1.82) is 0 Å². The summed E-state index contributed by atoms with van der Waals surface area (Å²) >= 11 is 1.77. The standard InChI is InChI=1S/C16H26N2O2S/c1-11(2)9-20-14-5-4-13-16(14)19-7-6-18(13)8-15-12(3)17-10-21-15/h10-11,13-14,16H,4-9H2,1-3H3/t13-,14+,16+/m0/s1. The van der Waals surface area contributed by atoms with E-state index in [1.807, 2.05) is 5.51 Å². The number of rotatable bonds is 5. The molecule has 0 unspecified atom stereocenters. The molecule has 2 heterocycles. The molecule has 4 nitrogen and oxygen atoms in total. The molecule has 21 heavy (non-hydrogen) atoms. The number of aromatic nitrogens is 1. The first-order valence-corrected chi connectivity index (χ1v) is 8.89. The van der Waals surface area contributed by atoms with Gasteiger partial charge in [-0.3, -0.25) is 4.90 Å². The van der Waals surface area contributed by atoms with Gasteiger partial charge in [0.25, 0.3) is 0 Å². The molecular weight excluding hydrogens is 284 g/mol. The van der Waals surface area contributed by atoms with Gasteiger partial charge in [0.15, 0.2) is 0 Å². The van der Waals surface area contributed by atoms with Gasteiger partial charge in [-0.05, 0) is 25.7 Å². The molecule has 2 fully saturated rings. The van der Waals surface area contributed by atoms with Crippen LogP contribution in [0.15, 0.2) is 5.51 Å². The van der Waals surface area contributed by atoms with Crippen LogP contribution in [0.5, 0.6) is 0 Å². The molecule has 0 aromatic carbocycles. The summed E-state index contributed by atoms with van der Waals surface area (Å²) in [5.41, 5.74) is 3.12. The summed E-state index contributed by atoms with van der Waals surface area (Å²) in [5, 5.41) is 0. The summed E-state index contributed by atoms with van der Waals surface area (Å²) in [6.07, 6.45) is 2.85. The molecule has 5 heteroatoms. The number of hydrogen-bond donors (Lipinski definition) is 0. The van der Waals surface area contributed by atoms with E-state index < -0.39 is 0 Å². The summed E-state index contributed by atoms with van der Waals surface area (Å²) in [7, 11) is 0. The number of aryl methyl sites for hydroxylation is 1. The molecule has 1 saturated heterocycles. The topological polar surface area (TPSA) is 34.6 Å². The number of fused-ring (bicyclic) bond motifs is 1. The number of thiazole rings is 1. The molecule has 118 valence electrons. The predicted octanol–water partition coefficient (Wildman–Crippen LogP) is 2.86. The Labute approximate surface area is 131 Å². The Morgan fingerprint density at radius 3 is 3.05 bits per heavy atom. The van der Waals surface area contributed by atoms with E-state index in [4.69, 9.17) is 9.47 Å². The van der Waals surface area contributed by atoms with Crippen LogP contribution in [0.3, 0.4) is 0 Å². The molecule has 1 aromatic rings. The smallest absolute Gasteiger partial charge is 0.0992 e. The number of hydrogen-bond acceptors (Lipinski definition) is 5. The monoisotopic (exact) mass is 310 g/mol. The largest absolute Gasteiger partial charge is 0.375 e. The van der Waals surface area contributed by atoms with Crippen molar-refractivity contribution in [2.24, 2.45) is 5.92 Å². The van der Waals surface area contributed by atoms with E-state index in [9.17, 15) is 0 Å². The lowest BCUT2D eigenvalue weighted by Gasteiger charge is -2.39. The molecule has 3 atom stereocenters. The molecule has 2 aliphatic rings. The predicted molar refractivity (Wildman–Crippen MR) is 84.6 cm³/mol. The lowest BCUT2D eigenvalue weighted by molar-refractivity contribution is -0.118. The van der Waals surface area contributed by atoms with Crippen LogP contribution in [0.1, 0.15) is 37.3 Å². The average molecular weight is 310 g/mol. The second-order valence-electron chi connectivity index (χ2n) is 6.58. The molecule has 0 spiro atoms. The van der Waals surface area contributed by atoms with Crippen LogP contribution in [0.2, 0.25) is 0 Å². The van der Waals surface area contributed by atoms with Crippen molar-refractivity contribution in [3.8, 4) is 0 Å². The lowest BCUT2D eigenvalue weighted by atomic mass is 10.1.